The molecule has 0 aromatic heterocycles. The normalized spacial score (nSPS) is 14.7. The summed E-state index contributed by atoms with van der Waals surface area (Å²) in [5, 5.41) is 0. The summed E-state index contributed by atoms with van der Waals surface area (Å²) < 4.78 is 26.4. The Morgan fingerprint density at radius 3 is 2.15 bits per heavy atom. The highest BCUT2D eigenvalue weighted by Gasteiger charge is 2.45. The van der Waals surface area contributed by atoms with Crippen LogP contribution in [0.2, 0.25) is 19.6 Å². The SMILES string of the molecule is CCCCC(Br)(c1ccccc1C[Si](C)(C)C)S(=O)(=O)c1ccc(C)cc1. The molecule has 5 heteroatoms. The second-order valence-electron chi connectivity index (χ2n) is 8.54. The molecular formula is C22H31BrO2SSi. The monoisotopic (exact) mass is 466 g/mol. The standard InChI is InChI=1S/C22H31BrO2SSi/c1-6-7-16-22(23,26(24,25)20-14-12-18(2)13-15-20)21-11-9-8-10-19(21)17-27(3,4)5/h8-15H,6-7,16-17H2,1-5H3. The van der Waals surface area contributed by atoms with Crippen molar-refractivity contribution in [3.05, 3.63) is 65.2 Å². The molecule has 0 bridgehead atoms. The molecule has 0 fully saturated rings. The third-order valence-electron chi connectivity index (χ3n) is 4.75. The lowest BCUT2D eigenvalue weighted by molar-refractivity contribution is 0.558. The third kappa shape index (κ3) is 5.12. The maximum Gasteiger partial charge on any atom is 0.198 e. The summed E-state index contributed by atoms with van der Waals surface area (Å²) in [7, 11) is -4.99. The van der Waals surface area contributed by atoms with E-state index in [1.807, 2.05) is 37.3 Å². The van der Waals surface area contributed by atoms with Crippen molar-refractivity contribution in [1.82, 2.24) is 0 Å². The van der Waals surface area contributed by atoms with Crippen molar-refractivity contribution >= 4 is 33.8 Å². The smallest absolute Gasteiger partial charge is 0.198 e. The molecule has 0 aliphatic heterocycles. The quantitative estimate of drug-likeness (QED) is 0.323. The molecule has 1 unspecified atom stereocenters. The fourth-order valence-electron chi connectivity index (χ4n) is 3.33. The van der Waals surface area contributed by atoms with Gasteiger partial charge in [-0.1, -0.05) is 97.3 Å². The van der Waals surface area contributed by atoms with Crippen LogP contribution in [0.1, 0.15) is 42.9 Å². The molecule has 0 saturated carbocycles. The van der Waals surface area contributed by atoms with Crippen LogP contribution in [0, 0.1) is 6.92 Å². The van der Waals surface area contributed by atoms with Gasteiger partial charge >= 0.3 is 0 Å². The predicted molar refractivity (Wildman–Crippen MR) is 122 cm³/mol. The van der Waals surface area contributed by atoms with Gasteiger partial charge in [0.25, 0.3) is 0 Å². The zero-order valence-electron chi connectivity index (χ0n) is 17.0. The second-order valence-corrected chi connectivity index (χ2v) is 18.1. The van der Waals surface area contributed by atoms with Crippen molar-refractivity contribution in [2.24, 2.45) is 0 Å². The van der Waals surface area contributed by atoms with Crippen LogP contribution < -0.4 is 0 Å². The molecule has 0 saturated heterocycles. The van der Waals surface area contributed by atoms with Crippen LogP contribution in [-0.2, 0) is 19.5 Å². The van der Waals surface area contributed by atoms with Gasteiger partial charge < -0.3 is 0 Å². The zero-order valence-corrected chi connectivity index (χ0v) is 20.5. The highest BCUT2D eigenvalue weighted by molar-refractivity contribution is 9.11. The third-order valence-corrected chi connectivity index (χ3v) is 10.5. The first-order chi connectivity index (χ1) is 12.5. The summed E-state index contributed by atoms with van der Waals surface area (Å²) in [4.78, 5) is 0.379. The number of benzene rings is 2. The van der Waals surface area contributed by atoms with Crippen LogP contribution in [-0.4, -0.2) is 16.5 Å². The molecule has 2 rings (SSSR count). The van der Waals surface area contributed by atoms with Crippen LogP contribution in [0.15, 0.2) is 53.4 Å². The van der Waals surface area contributed by atoms with Crippen LogP contribution >= 0.6 is 15.9 Å². The van der Waals surface area contributed by atoms with E-state index in [-0.39, 0.29) is 0 Å². The van der Waals surface area contributed by atoms with E-state index >= 15 is 0 Å². The van der Waals surface area contributed by atoms with E-state index in [0.717, 1.165) is 35.6 Å². The summed E-state index contributed by atoms with van der Waals surface area (Å²) >= 11 is 3.76. The molecule has 1 atom stereocenters. The van der Waals surface area contributed by atoms with E-state index in [9.17, 15) is 8.42 Å². The van der Waals surface area contributed by atoms with E-state index < -0.39 is 21.6 Å². The molecule has 148 valence electrons. The second kappa shape index (κ2) is 8.62. The first-order valence-electron chi connectivity index (χ1n) is 9.60. The van der Waals surface area contributed by atoms with Gasteiger partial charge in [-0.05, 0) is 42.6 Å². The predicted octanol–water partition coefficient (Wildman–Crippen LogP) is 6.63. The fourth-order valence-corrected chi connectivity index (χ4v) is 7.78. The van der Waals surface area contributed by atoms with Crippen molar-refractivity contribution in [1.29, 1.82) is 0 Å². The van der Waals surface area contributed by atoms with Gasteiger partial charge in [0.05, 0.1) is 4.90 Å². The molecule has 0 heterocycles. The van der Waals surface area contributed by atoms with Crippen LogP contribution in [0.3, 0.4) is 0 Å². The van der Waals surface area contributed by atoms with Crippen LogP contribution in [0.5, 0.6) is 0 Å². The molecule has 0 aliphatic rings. The summed E-state index contributed by atoms with van der Waals surface area (Å²) in [6.07, 6.45) is 2.35. The lowest BCUT2D eigenvalue weighted by Gasteiger charge is -2.31. The number of unbranched alkanes of at least 4 members (excludes halogenated alkanes) is 1. The molecule has 0 amide bonds. The Morgan fingerprint density at radius 1 is 1.00 bits per heavy atom. The Kier molecular flexibility index (Phi) is 7.15. The zero-order chi connectivity index (χ0) is 20.3. The van der Waals surface area contributed by atoms with Gasteiger partial charge in [0, 0.05) is 8.07 Å². The molecule has 27 heavy (non-hydrogen) atoms. The molecule has 0 spiro atoms. The Labute approximate surface area is 174 Å². The molecule has 2 aromatic carbocycles. The Morgan fingerprint density at radius 2 is 1.59 bits per heavy atom. The average molecular weight is 468 g/mol. The van der Waals surface area contributed by atoms with Crippen molar-refractivity contribution in [3.8, 4) is 0 Å². The minimum Gasteiger partial charge on any atom is -0.222 e. The minimum absolute atomic E-state index is 0.379. The van der Waals surface area contributed by atoms with E-state index in [0.29, 0.717) is 11.3 Å². The van der Waals surface area contributed by atoms with Crippen LogP contribution in [0.4, 0.5) is 0 Å². The van der Waals surface area contributed by atoms with Gasteiger partial charge in [-0.15, -0.1) is 0 Å². The first kappa shape index (κ1) is 22.4. The molecule has 2 nitrogen and oxygen atoms in total. The van der Waals surface area contributed by atoms with Gasteiger partial charge in [0.2, 0.25) is 0 Å². The molecule has 0 aliphatic carbocycles. The number of sulfone groups is 1. The number of alkyl halides is 1. The number of aryl methyl sites for hydroxylation is 1. The highest BCUT2D eigenvalue weighted by Crippen LogP contribution is 2.47. The number of halogens is 1. The summed E-state index contributed by atoms with van der Waals surface area (Å²) in [6, 6.07) is 16.2. The van der Waals surface area contributed by atoms with Crippen molar-refractivity contribution in [2.45, 2.75) is 67.3 Å². The van der Waals surface area contributed by atoms with Crippen LogP contribution in [0.25, 0.3) is 0 Å². The van der Waals surface area contributed by atoms with Crippen molar-refractivity contribution < 1.29 is 8.42 Å². The largest absolute Gasteiger partial charge is 0.222 e. The van der Waals surface area contributed by atoms with E-state index in [1.165, 1.54) is 0 Å². The van der Waals surface area contributed by atoms with Crippen molar-refractivity contribution in [2.75, 3.05) is 0 Å². The Balaban J connectivity index is 2.66. The lowest BCUT2D eigenvalue weighted by Crippen LogP contribution is -2.33. The Bertz CT molecular complexity index is 870. The van der Waals surface area contributed by atoms with Gasteiger partial charge in [-0.3, -0.25) is 0 Å². The van der Waals surface area contributed by atoms with Gasteiger partial charge in [-0.2, -0.15) is 0 Å². The lowest BCUT2D eigenvalue weighted by atomic mass is 10.0. The summed E-state index contributed by atoms with van der Waals surface area (Å²) in [5.41, 5.74) is 3.11. The molecule has 2 aromatic rings. The number of hydrogen-bond donors (Lipinski definition) is 0. The molecule has 0 radical (unpaired) electrons. The van der Waals surface area contributed by atoms with Gasteiger partial charge in [-0.25, -0.2) is 8.42 Å². The fraction of sp³-hybridized carbons (Fsp3) is 0.455. The van der Waals surface area contributed by atoms with E-state index in [1.54, 1.807) is 12.1 Å². The van der Waals surface area contributed by atoms with E-state index in [2.05, 4.69) is 48.6 Å². The number of hydrogen-bond acceptors (Lipinski definition) is 2. The summed E-state index contributed by atoms with van der Waals surface area (Å²) in [6.45, 7) is 11.0. The number of rotatable bonds is 8. The maximum absolute atomic E-state index is 13.8. The topological polar surface area (TPSA) is 34.1 Å². The van der Waals surface area contributed by atoms with E-state index in [4.69, 9.17) is 0 Å². The van der Waals surface area contributed by atoms with Crippen molar-refractivity contribution in [3.63, 3.8) is 0 Å². The summed E-state index contributed by atoms with van der Waals surface area (Å²) in [5.74, 6) is 0. The molecule has 0 N–H and O–H groups in total. The van der Waals surface area contributed by atoms with Gasteiger partial charge in [0.15, 0.2) is 13.5 Å². The first-order valence-corrected chi connectivity index (χ1v) is 15.6. The minimum atomic E-state index is -3.59. The van der Waals surface area contributed by atoms with Gasteiger partial charge in [0.1, 0.15) is 0 Å². The molecular weight excluding hydrogens is 436 g/mol. The average Bonchev–Trinajstić information content (AvgIpc) is 2.59. The maximum atomic E-state index is 13.8. The highest BCUT2D eigenvalue weighted by atomic mass is 79.9. The Hall–Kier alpha value is -0.913.